The maximum absolute atomic E-state index is 11.1. The third-order valence-electron chi connectivity index (χ3n) is 3.80. The van der Waals surface area contributed by atoms with E-state index in [9.17, 15) is 4.79 Å². The first kappa shape index (κ1) is 10.8. The lowest BCUT2D eigenvalue weighted by Crippen LogP contribution is -2.54. The minimum absolute atomic E-state index is 0.245. The van der Waals surface area contributed by atoms with Gasteiger partial charge in [0.1, 0.15) is 0 Å². The van der Waals surface area contributed by atoms with Crippen LogP contribution in [0.1, 0.15) is 33.6 Å². The number of nitrogens with one attached hydrogen (secondary N) is 1. The number of carbonyl (C=O) groups is 1. The topological polar surface area (TPSA) is 29.1 Å². The SMILES string of the molecule is CC(C)(C)[Si](C)(C)C1CCC(=O)N1. The van der Waals surface area contributed by atoms with Crippen molar-refractivity contribution in [3.63, 3.8) is 0 Å². The average molecular weight is 199 g/mol. The van der Waals surface area contributed by atoms with Crippen molar-refractivity contribution >= 4 is 14.0 Å². The fourth-order valence-corrected chi connectivity index (χ4v) is 4.11. The van der Waals surface area contributed by atoms with Crippen LogP contribution in [0, 0.1) is 0 Å². The molecule has 0 aromatic carbocycles. The molecule has 1 atom stereocenters. The Balaban J connectivity index is 2.76. The van der Waals surface area contributed by atoms with Crippen LogP contribution in [0.4, 0.5) is 0 Å². The summed E-state index contributed by atoms with van der Waals surface area (Å²) in [5.74, 6) is 0.245. The lowest BCUT2D eigenvalue weighted by molar-refractivity contribution is -0.119. The molecule has 2 nitrogen and oxygen atoms in total. The summed E-state index contributed by atoms with van der Waals surface area (Å²) in [6.45, 7) is 11.6. The van der Waals surface area contributed by atoms with Gasteiger partial charge in [-0.25, -0.2) is 0 Å². The van der Waals surface area contributed by atoms with Gasteiger partial charge in [0, 0.05) is 12.1 Å². The second-order valence-electron chi connectivity index (χ2n) is 5.63. The van der Waals surface area contributed by atoms with Crippen molar-refractivity contribution in [2.24, 2.45) is 0 Å². The molecular weight excluding hydrogens is 178 g/mol. The predicted octanol–water partition coefficient (Wildman–Crippen LogP) is 2.31. The molecule has 0 radical (unpaired) electrons. The van der Waals surface area contributed by atoms with Gasteiger partial charge in [0.15, 0.2) is 0 Å². The van der Waals surface area contributed by atoms with Crippen LogP contribution in [0.5, 0.6) is 0 Å². The van der Waals surface area contributed by atoms with Gasteiger partial charge in [0.25, 0.3) is 0 Å². The number of carbonyl (C=O) groups excluding carboxylic acids is 1. The van der Waals surface area contributed by atoms with E-state index in [1.165, 1.54) is 0 Å². The molecule has 0 bridgehead atoms. The Morgan fingerprint density at radius 1 is 1.38 bits per heavy atom. The Labute approximate surface area is 82.1 Å². The third kappa shape index (κ3) is 1.95. The van der Waals surface area contributed by atoms with Crippen LogP contribution >= 0.6 is 0 Å². The summed E-state index contributed by atoms with van der Waals surface area (Å²) in [6.07, 6.45) is 1.78. The van der Waals surface area contributed by atoms with Crippen molar-refractivity contribution in [2.45, 2.75) is 57.4 Å². The smallest absolute Gasteiger partial charge is 0.220 e. The molecule has 0 spiro atoms. The molecule has 0 aromatic rings. The second-order valence-corrected chi connectivity index (χ2v) is 11.3. The molecule has 1 amide bonds. The van der Waals surface area contributed by atoms with Crippen LogP contribution in [0.15, 0.2) is 0 Å². The van der Waals surface area contributed by atoms with E-state index in [-0.39, 0.29) is 5.91 Å². The molecule has 76 valence electrons. The first-order valence-electron chi connectivity index (χ1n) is 5.04. The third-order valence-corrected chi connectivity index (χ3v) is 9.84. The van der Waals surface area contributed by atoms with Gasteiger partial charge in [0.05, 0.1) is 8.07 Å². The van der Waals surface area contributed by atoms with Gasteiger partial charge < -0.3 is 5.32 Å². The number of hydrogen-bond acceptors (Lipinski definition) is 1. The highest BCUT2D eigenvalue weighted by atomic mass is 28.3. The molecule has 1 rings (SSSR count). The van der Waals surface area contributed by atoms with E-state index in [0.717, 1.165) is 12.8 Å². The maximum atomic E-state index is 11.1. The Hall–Kier alpha value is -0.313. The normalized spacial score (nSPS) is 24.7. The van der Waals surface area contributed by atoms with E-state index in [1.807, 2.05) is 0 Å². The van der Waals surface area contributed by atoms with E-state index in [1.54, 1.807) is 0 Å². The molecule has 1 unspecified atom stereocenters. The quantitative estimate of drug-likeness (QED) is 0.645. The number of rotatable bonds is 1. The lowest BCUT2D eigenvalue weighted by atomic mass is 10.2. The first-order valence-corrected chi connectivity index (χ1v) is 8.12. The fourth-order valence-electron chi connectivity index (χ4n) is 1.68. The van der Waals surface area contributed by atoms with E-state index in [0.29, 0.717) is 10.7 Å². The number of hydrogen-bond donors (Lipinski definition) is 1. The highest BCUT2D eigenvalue weighted by Crippen LogP contribution is 2.40. The zero-order valence-corrected chi connectivity index (χ0v) is 10.4. The summed E-state index contributed by atoms with van der Waals surface area (Å²) in [7, 11) is -1.35. The Morgan fingerprint density at radius 2 is 1.92 bits per heavy atom. The molecule has 1 saturated heterocycles. The largest absolute Gasteiger partial charge is 0.356 e. The van der Waals surface area contributed by atoms with Crippen LogP contribution < -0.4 is 5.32 Å². The molecule has 0 saturated carbocycles. The number of amides is 1. The standard InChI is InChI=1S/C10H21NOSi/c1-10(2,3)13(4,5)9-7-6-8(12)11-9/h9H,6-7H2,1-5H3,(H,11,12). The zero-order valence-electron chi connectivity index (χ0n) is 9.40. The van der Waals surface area contributed by atoms with Gasteiger partial charge in [-0.2, -0.15) is 0 Å². The van der Waals surface area contributed by atoms with Crippen molar-refractivity contribution in [2.75, 3.05) is 0 Å². The van der Waals surface area contributed by atoms with Crippen molar-refractivity contribution in [1.82, 2.24) is 5.32 Å². The highest BCUT2D eigenvalue weighted by Gasteiger charge is 2.44. The van der Waals surface area contributed by atoms with Crippen molar-refractivity contribution in [1.29, 1.82) is 0 Å². The van der Waals surface area contributed by atoms with E-state index < -0.39 is 8.07 Å². The van der Waals surface area contributed by atoms with Gasteiger partial charge in [-0.3, -0.25) is 4.79 Å². The Bertz CT molecular complexity index is 217. The summed E-state index contributed by atoms with van der Waals surface area (Å²) in [5, 5.41) is 3.49. The minimum atomic E-state index is -1.35. The fraction of sp³-hybridized carbons (Fsp3) is 0.900. The van der Waals surface area contributed by atoms with E-state index >= 15 is 0 Å². The van der Waals surface area contributed by atoms with Gasteiger partial charge in [-0.05, 0) is 11.5 Å². The predicted molar refractivity (Wildman–Crippen MR) is 58.4 cm³/mol. The summed E-state index contributed by atoms with van der Waals surface area (Å²) in [4.78, 5) is 11.1. The monoisotopic (exact) mass is 199 g/mol. The van der Waals surface area contributed by atoms with Gasteiger partial charge >= 0.3 is 0 Å². The molecule has 0 aromatic heterocycles. The van der Waals surface area contributed by atoms with Crippen LogP contribution in [-0.2, 0) is 4.79 Å². The summed E-state index contributed by atoms with van der Waals surface area (Å²) < 4.78 is 0. The van der Waals surface area contributed by atoms with Crippen LogP contribution in [0.3, 0.4) is 0 Å². The van der Waals surface area contributed by atoms with Crippen LogP contribution in [-0.4, -0.2) is 19.6 Å². The molecule has 1 aliphatic heterocycles. The summed E-state index contributed by atoms with van der Waals surface area (Å²) in [5.41, 5.74) is 0.486. The van der Waals surface area contributed by atoms with Crippen LogP contribution in [0.2, 0.25) is 18.1 Å². The molecular formula is C10H21NOSi. The van der Waals surface area contributed by atoms with Gasteiger partial charge in [-0.15, -0.1) is 0 Å². The maximum Gasteiger partial charge on any atom is 0.220 e. The molecule has 1 aliphatic rings. The lowest BCUT2D eigenvalue weighted by Gasteiger charge is -2.41. The van der Waals surface area contributed by atoms with E-state index in [2.05, 4.69) is 39.2 Å². The van der Waals surface area contributed by atoms with Crippen molar-refractivity contribution in [3.05, 3.63) is 0 Å². The van der Waals surface area contributed by atoms with Gasteiger partial charge in [-0.1, -0.05) is 33.9 Å². The second kappa shape index (κ2) is 3.12. The minimum Gasteiger partial charge on any atom is -0.356 e. The average Bonchev–Trinajstić information content (AvgIpc) is 2.33. The van der Waals surface area contributed by atoms with E-state index in [4.69, 9.17) is 0 Å². The molecule has 1 heterocycles. The van der Waals surface area contributed by atoms with Gasteiger partial charge in [0.2, 0.25) is 5.91 Å². The molecule has 1 N–H and O–H groups in total. The Morgan fingerprint density at radius 3 is 2.23 bits per heavy atom. The van der Waals surface area contributed by atoms with Crippen molar-refractivity contribution < 1.29 is 4.79 Å². The molecule has 3 heteroatoms. The van der Waals surface area contributed by atoms with Crippen LogP contribution in [0.25, 0.3) is 0 Å². The molecule has 0 aliphatic carbocycles. The zero-order chi connectivity index (χ0) is 10.3. The summed E-state index contributed by atoms with van der Waals surface area (Å²) >= 11 is 0. The molecule has 13 heavy (non-hydrogen) atoms. The first-order chi connectivity index (χ1) is 5.75. The Kier molecular flexibility index (Phi) is 2.58. The van der Waals surface area contributed by atoms with Crippen molar-refractivity contribution in [3.8, 4) is 0 Å². The highest BCUT2D eigenvalue weighted by molar-refractivity contribution is 6.81. The summed E-state index contributed by atoms with van der Waals surface area (Å²) in [6, 6.07) is 0. The molecule has 1 fully saturated rings.